The molecule has 0 aromatic heterocycles. The molecule has 0 saturated carbocycles. The number of ether oxygens (including phenoxy) is 1. The van der Waals surface area contributed by atoms with Crippen LogP contribution >= 0.6 is 0 Å². The van der Waals surface area contributed by atoms with E-state index in [1.165, 1.54) is 13.2 Å². The molecule has 7 nitrogen and oxygen atoms in total. The second-order valence-electron chi connectivity index (χ2n) is 9.72. The highest BCUT2D eigenvalue weighted by Gasteiger charge is 2.18. The van der Waals surface area contributed by atoms with E-state index in [9.17, 15) is 16.8 Å². The lowest BCUT2D eigenvalue weighted by Crippen LogP contribution is -2.06. The van der Waals surface area contributed by atoms with Crippen LogP contribution in [0.5, 0.6) is 5.75 Å². The summed E-state index contributed by atoms with van der Waals surface area (Å²) in [6.45, 7) is 3.52. The predicted octanol–water partition coefficient (Wildman–Crippen LogP) is 6.40. The molecule has 0 N–H and O–H groups in total. The Hall–Kier alpha value is -3.57. The summed E-state index contributed by atoms with van der Waals surface area (Å²) in [5.74, 6) is -0.437. The average Bonchev–Trinajstić information content (AvgIpc) is 2.91. The fourth-order valence-electron chi connectivity index (χ4n) is 4.69. The molecule has 0 bridgehead atoms. The van der Waals surface area contributed by atoms with Gasteiger partial charge in [-0.15, -0.1) is 0 Å². The van der Waals surface area contributed by atoms with Crippen LogP contribution in [0.4, 0.5) is 4.39 Å². The average molecular weight is 599 g/mol. The molecule has 0 fully saturated rings. The third kappa shape index (κ3) is 7.39. The second-order valence-corrected chi connectivity index (χ2v) is 13.0. The van der Waals surface area contributed by atoms with E-state index in [2.05, 4.69) is 0 Å². The Bertz CT molecular complexity index is 1800. The summed E-state index contributed by atoms with van der Waals surface area (Å²) in [6.07, 6.45) is 1.93. The minimum atomic E-state index is -3.76. The molecule has 41 heavy (non-hydrogen) atoms. The Balaban J connectivity index is 1.70. The van der Waals surface area contributed by atoms with Gasteiger partial charge in [-0.1, -0.05) is 60.7 Å². The summed E-state index contributed by atoms with van der Waals surface area (Å²) in [5.41, 5.74) is 8.11. The first-order valence-corrected chi connectivity index (χ1v) is 16.2. The summed E-state index contributed by atoms with van der Waals surface area (Å²) in [6, 6.07) is 22.4. The van der Waals surface area contributed by atoms with E-state index in [0.29, 0.717) is 5.56 Å². The molecule has 0 spiro atoms. The van der Waals surface area contributed by atoms with Crippen LogP contribution in [-0.4, -0.2) is 36.5 Å². The largest absolute Gasteiger partial charge is 0.496 e. The molecule has 0 aliphatic rings. The number of hydrogen-bond acceptors (Lipinski definition) is 7. The number of rotatable bonds is 10. The summed E-state index contributed by atoms with van der Waals surface area (Å²) in [7, 11) is -5.89. The van der Waals surface area contributed by atoms with E-state index in [1.54, 1.807) is 6.07 Å². The highest BCUT2D eigenvalue weighted by molar-refractivity contribution is 7.86. The van der Waals surface area contributed by atoms with Crippen molar-refractivity contribution in [1.29, 1.82) is 0 Å². The van der Waals surface area contributed by atoms with E-state index in [4.69, 9.17) is 13.1 Å². The van der Waals surface area contributed by atoms with Crippen molar-refractivity contribution in [1.82, 2.24) is 0 Å². The van der Waals surface area contributed by atoms with Crippen LogP contribution in [0, 0.1) is 19.7 Å². The quantitative estimate of drug-likeness (QED) is 0.195. The van der Waals surface area contributed by atoms with Gasteiger partial charge in [0.1, 0.15) is 11.6 Å². The number of methoxy groups -OCH3 is 1. The van der Waals surface area contributed by atoms with Crippen LogP contribution in [-0.2, 0) is 41.8 Å². The molecule has 0 aliphatic heterocycles. The first-order chi connectivity index (χ1) is 19.3. The Labute approximate surface area is 240 Å². The molecule has 0 unspecified atom stereocenters. The molecule has 216 valence electrons. The van der Waals surface area contributed by atoms with Crippen molar-refractivity contribution >= 4 is 20.2 Å². The lowest BCUT2D eigenvalue weighted by atomic mass is 9.88. The van der Waals surface area contributed by atoms with E-state index < -0.39 is 32.7 Å². The van der Waals surface area contributed by atoms with Crippen LogP contribution in [0.3, 0.4) is 0 Å². The summed E-state index contributed by atoms with van der Waals surface area (Å²) >= 11 is 0. The van der Waals surface area contributed by atoms with Crippen molar-refractivity contribution in [3.05, 3.63) is 101 Å². The highest BCUT2D eigenvalue weighted by Crippen LogP contribution is 2.38. The van der Waals surface area contributed by atoms with Crippen molar-refractivity contribution in [2.45, 2.75) is 27.1 Å². The Morgan fingerprint density at radius 2 is 1.15 bits per heavy atom. The standard InChI is InChI=1S/C31H31FO7S2/c1-20-25(23-14-12-22(13-15-23)18-38-40(4,33)34)8-6-10-27(20)28-11-7-9-26(21(28)2)24-16-30(32)29(31(17-24)37-3)19-39-41(5,35)36/h6-17H,18-19H2,1-5H3. The van der Waals surface area contributed by atoms with Gasteiger partial charge in [0.25, 0.3) is 20.2 Å². The van der Waals surface area contributed by atoms with Gasteiger partial charge in [-0.25, -0.2) is 4.39 Å². The normalized spacial score (nSPS) is 12.0. The van der Waals surface area contributed by atoms with Crippen LogP contribution in [0.15, 0.2) is 72.8 Å². The lowest BCUT2D eigenvalue weighted by Gasteiger charge is -2.18. The predicted molar refractivity (Wildman–Crippen MR) is 158 cm³/mol. The van der Waals surface area contributed by atoms with E-state index in [-0.39, 0.29) is 17.9 Å². The SMILES string of the molecule is COc1cc(-c2cccc(-c3cccc(-c4ccc(COS(C)(=O)=O)cc4)c3C)c2C)cc(F)c1COS(C)(=O)=O. The molecule has 4 aromatic rings. The molecule has 0 radical (unpaired) electrons. The van der Waals surface area contributed by atoms with Gasteiger partial charge in [-0.05, 0) is 76.1 Å². The monoisotopic (exact) mass is 598 g/mol. The zero-order valence-corrected chi connectivity index (χ0v) is 25.0. The molecular formula is C31H31FO7S2. The van der Waals surface area contributed by atoms with Crippen molar-refractivity contribution in [2.75, 3.05) is 19.6 Å². The Morgan fingerprint density at radius 1 is 0.659 bits per heavy atom. The minimum absolute atomic E-state index is 0.0212. The fourth-order valence-corrected chi connectivity index (χ4v) is 5.37. The molecule has 0 amide bonds. The van der Waals surface area contributed by atoms with Crippen LogP contribution < -0.4 is 4.74 Å². The van der Waals surface area contributed by atoms with E-state index >= 15 is 4.39 Å². The van der Waals surface area contributed by atoms with Crippen molar-refractivity contribution < 1.29 is 34.3 Å². The summed E-state index contributed by atoms with van der Waals surface area (Å²) < 4.78 is 75.7. The molecule has 10 heteroatoms. The molecule has 0 heterocycles. The van der Waals surface area contributed by atoms with Crippen molar-refractivity contribution in [3.8, 4) is 39.1 Å². The summed E-state index contributed by atoms with van der Waals surface area (Å²) in [5, 5.41) is 0. The third-order valence-corrected chi connectivity index (χ3v) is 7.86. The molecule has 4 rings (SSSR count). The van der Waals surface area contributed by atoms with Gasteiger partial charge in [0, 0.05) is 0 Å². The molecule has 0 aliphatic carbocycles. The fraction of sp³-hybridized carbons (Fsp3) is 0.226. The minimum Gasteiger partial charge on any atom is -0.496 e. The smallest absolute Gasteiger partial charge is 0.264 e. The van der Waals surface area contributed by atoms with Crippen LogP contribution in [0.2, 0.25) is 0 Å². The second kappa shape index (κ2) is 12.1. The van der Waals surface area contributed by atoms with E-state index in [1.807, 2.05) is 74.5 Å². The maximum Gasteiger partial charge on any atom is 0.264 e. The van der Waals surface area contributed by atoms with Gasteiger partial charge in [0.05, 0.1) is 38.4 Å². The molecule has 0 atom stereocenters. The van der Waals surface area contributed by atoms with Crippen molar-refractivity contribution in [2.24, 2.45) is 0 Å². The highest BCUT2D eigenvalue weighted by atomic mass is 32.2. The maximum absolute atomic E-state index is 15.2. The van der Waals surface area contributed by atoms with Gasteiger partial charge < -0.3 is 4.74 Å². The Morgan fingerprint density at radius 3 is 1.66 bits per heavy atom. The first-order valence-electron chi connectivity index (χ1n) is 12.6. The number of halogens is 1. The molecule has 0 saturated heterocycles. The van der Waals surface area contributed by atoms with Gasteiger partial charge in [-0.2, -0.15) is 16.8 Å². The van der Waals surface area contributed by atoms with Crippen molar-refractivity contribution in [3.63, 3.8) is 0 Å². The third-order valence-electron chi connectivity index (χ3n) is 6.77. The molecule has 4 aromatic carbocycles. The van der Waals surface area contributed by atoms with E-state index in [0.717, 1.165) is 57.0 Å². The van der Waals surface area contributed by atoms with Gasteiger partial charge >= 0.3 is 0 Å². The first kappa shape index (κ1) is 30.4. The summed E-state index contributed by atoms with van der Waals surface area (Å²) in [4.78, 5) is 0. The van der Waals surface area contributed by atoms with Crippen LogP contribution in [0.25, 0.3) is 33.4 Å². The zero-order valence-electron chi connectivity index (χ0n) is 23.4. The van der Waals surface area contributed by atoms with Gasteiger partial charge in [0.15, 0.2) is 0 Å². The lowest BCUT2D eigenvalue weighted by molar-refractivity contribution is 0.295. The topological polar surface area (TPSA) is 96.0 Å². The van der Waals surface area contributed by atoms with Crippen LogP contribution in [0.1, 0.15) is 22.3 Å². The number of hydrogen-bond donors (Lipinski definition) is 0. The van der Waals surface area contributed by atoms with Gasteiger partial charge in [0.2, 0.25) is 0 Å². The van der Waals surface area contributed by atoms with Gasteiger partial charge in [-0.3, -0.25) is 8.37 Å². The molecular weight excluding hydrogens is 567 g/mol. The Kier molecular flexibility index (Phi) is 8.98. The zero-order chi connectivity index (χ0) is 29.9. The maximum atomic E-state index is 15.2. The number of benzene rings is 4.